The lowest BCUT2D eigenvalue weighted by Gasteiger charge is -2.01. The van der Waals surface area contributed by atoms with E-state index in [0.29, 0.717) is 10.7 Å². The van der Waals surface area contributed by atoms with Gasteiger partial charge in [0.2, 0.25) is 0 Å². The van der Waals surface area contributed by atoms with Crippen molar-refractivity contribution in [3.63, 3.8) is 0 Å². The van der Waals surface area contributed by atoms with Crippen molar-refractivity contribution in [3.05, 3.63) is 47.6 Å². The molecule has 0 unspecified atom stereocenters. The minimum absolute atomic E-state index is 0.0168. The summed E-state index contributed by atoms with van der Waals surface area (Å²) in [5.74, 6) is 0. The minimum atomic E-state index is -3.72. The average molecular weight is 288 g/mol. The van der Waals surface area contributed by atoms with Gasteiger partial charge < -0.3 is 0 Å². The number of hydrogen-bond donors (Lipinski definition) is 0. The van der Waals surface area contributed by atoms with E-state index in [4.69, 9.17) is 22.3 Å². The Bertz CT molecular complexity index is 622. The predicted molar refractivity (Wildman–Crippen MR) is 67.7 cm³/mol. The zero-order valence-corrected chi connectivity index (χ0v) is 10.8. The number of nitrogens with zero attached hydrogens (tertiary/aromatic N) is 1. The molecule has 1 aromatic heterocycles. The molecule has 1 aromatic carbocycles. The molecule has 88 valence electrons. The van der Waals surface area contributed by atoms with Crippen molar-refractivity contribution in [1.29, 1.82) is 0 Å². The van der Waals surface area contributed by atoms with E-state index in [1.165, 1.54) is 12.3 Å². The molecule has 0 bridgehead atoms. The van der Waals surface area contributed by atoms with Gasteiger partial charge in [-0.25, -0.2) is 8.42 Å². The van der Waals surface area contributed by atoms with E-state index in [2.05, 4.69) is 4.98 Å². The Balaban J connectivity index is 2.39. The molecule has 0 amide bonds. The zero-order valence-electron chi connectivity index (χ0n) is 8.47. The van der Waals surface area contributed by atoms with Crippen LogP contribution >= 0.6 is 22.3 Å². The highest BCUT2D eigenvalue weighted by atomic mass is 35.7. The fourth-order valence-electron chi connectivity index (χ4n) is 1.32. The molecule has 0 fully saturated rings. The number of pyridine rings is 1. The molecule has 0 aliphatic carbocycles. The molecule has 1 heterocycles. The molecule has 3 nitrogen and oxygen atoms in total. The second-order valence-corrected chi connectivity index (χ2v) is 6.33. The molecule has 0 saturated carbocycles. The summed E-state index contributed by atoms with van der Waals surface area (Å²) < 4.78 is 22.1. The van der Waals surface area contributed by atoms with Crippen LogP contribution in [0.25, 0.3) is 11.3 Å². The smallest absolute Gasteiger partial charge is 0.255 e. The molecule has 2 aromatic rings. The highest BCUT2D eigenvalue weighted by Crippen LogP contribution is 2.21. The van der Waals surface area contributed by atoms with E-state index in [1.54, 1.807) is 30.3 Å². The molecule has 0 N–H and O–H groups in total. The Morgan fingerprint density at radius 1 is 1.00 bits per heavy atom. The van der Waals surface area contributed by atoms with E-state index in [9.17, 15) is 8.42 Å². The van der Waals surface area contributed by atoms with Gasteiger partial charge in [-0.05, 0) is 24.3 Å². The van der Waals surface area contributed by atoms with E-state index in [1.807, 2.05) is 0 Å². The first-order valence-electron chi connectivity index (χ1n) is 4.63. The quantitative estimate of drug-likeness (QED) is 0.796. The van der Waals surface area contributed by atoms with Crippen molar-refractivity contribution < 1.29 is 8.42 Å². The van der Waals surface area contributed by atoms with Crippen LogP contribution in [0.5, 0.6) is 0 Å². The van der Waals surface area contributed by atoms with E-state index in [0.717, 1.165) is 5.56 Å². The third kappa shape index (κ3) is 2.97. The van der Waals surface area contributed by atoms with Gasteiger partial charge in [0.25, 0.3) is 9.05 Å². The van der Waals surface area contributed by atoms with E-state index >= 15 is 0 Å². The van der Waals surface area contributed by atoms with Gasteiger partial charge in [0, 0.05) is 27.5 Å². The molecular formula is C11H7Cl2NO2S. The maximum absolute atomic E-state index is 11.0. The summed E-state index contributed by atoms with van der Waals surface area (Å²) >= 11 is 5.77. The molecule has 0 aliphatic heterocycles. The van der Waals surface area contributed by atoms with Crippen molar-refractivity contribution in [3.8, 4) is 11.3 Å². The van der Waals surface area contributed by atoms with Gasteiger partial charge in [-0.2, -0.15) is 0 Å². The summed E-state index contributed by atoms with van der Waals surface area (Å²) in [5.41, 5.74) is 1.51. The lowest BCUT2D eigenvalue weighted by molar-refractivity contribution is 0.609. The van der Waals surface area contributed by atoms with Gasteiger partial charge >= 0.3 is 0 Å². The Kier molecular flexibility index (Phi) is 3.38. The Morgan fingerprint density at radius 3 is 2.12 bits per heavy atom. The van der Waals surface area contributed by atoms with Gasteiger partial charge in [-0.1, -0.05) is 23.7 Å². The largest absolute Gasteiger partial charge is 0.262 e. The van der Waals surface area contributed by atoms with E-state index in [-0.39, 0.29) is 4.90 Å². The summed E-state index contributed by atoms with van der Waals surface area (Å²) in [6.45, 7) is 0. The van der Waals surface area contributed by atoms with Crippen LogP contribution in [0.3, 0.4) is 0 Å². The molecule has 17 heavy (non-hydrogen) atoms. The zero-order chi connectivity index (χ0) is 12.5. The fourth-order valence-corrected chi connectivity index (χ4v) is 2.12. The Morgan fingerprint density at radius 2 is 1.65 bits per heavy atom. The predicted octanol–water partition coefficient (Wildman–Crippen LogP) is 3.33. The molecule has 0 spiro atoms. The highest BCUT2D eigenvalue weighted by Gasteiger charge is 2.10. The third-order valence-electron chi connectivity index (χ3n) is 2.16. The maximum atomic E-state index is 11.0. The standard InChI is InChI=1S/C11H7Cl2NO2S/c12-9-3-1-8(2-4-9)11-6-5-10(7-14-11)17(13,15)16/h1-7H. The van der Waals surface area contributed by atoms with Crippen LogP contribution in [-0.4, -0.2) is 13.4 Å². The lowest BCUT2D eigenvalue weighted by atomic mass is 10.1. The second kappa shape index (κ2) is 4.64. The Hall–Kier alpha value is -1.10. The third-order valence-corrected chi connectivity index (χ3v) is 3.75. The van der Waals surface area contributed by atoms with Crippen LogP contribution in [-0.2, 0) is 9.05 Å². The van der Waals surface area contributed by atoms with Gasteiger partial charge in [0.05, 0.1) is 5.69 Å². The molecule has 2 rings (SSSR count). The summed E-state index contributed by atoms with van der Waals surface area (Å²) in [6.07, 6.45) is 1.23. The molecule has 0 radical (unpaired) electrons. The summed E-state index contributed by atoms with van der Waals surface area (Å²) in [6, 6.07) is 10.1. The molecule has 0 saturated heterocycles. The second-order valence-electron chi connectivity index (χ2n) is 3.32. The van der Waals surface area contributed by atoms with Crippen LogP contribution in [0.15, 0.2) is 47.5 Å². The van der Waals surface area contributed by atoms with Gasteiger partial charge in [0.15, 0.2) is 0 Å². The van der Waals surface area contributed by atoms with Crippen LogP contribution in [0.1, 0.15) is 0 Å². The van der Waals surface area contributed by atoms with Crippen molar-refractivity contribution in [1.82, 2.24) is 4.98 Å². The lowest BCUT2D eigenvalue weighted by Crippen LogP contribution is -1.92. The summed E-state index contributed by atoms with van der Waals surface area (Å²) in [7, 11) is 1.47. The van der Waals surface area contributed by atoms with Crippen LogP contribution < -0.4 is 0 Å². The topological polar surface area (TPSA) is 47.0 Å². The number of rotatable bonds is 2. The number of halogens is 2. The van der Waals surface area contributed by atoms with E-state index < -0.39 is 9.05 Å². The number of hydrogen-bond acceptors (Lipinski definition) is 3. The van der Waals surface area contributed by atoms with Gasteiger partial charge in [-0.15, -0.1) is 0 Å². The van der Waals surface area contributed by atoms with Gasteiger partial charge in [-0.3, -0.25) is 4.98 Å². The van der Waals surface area contributed by atoms with Crippen LogP contribution in [0.2, 0.25) is 5.02 Å². The summed E-state index contributed by atoms with van der Waals surface area (Å²) in [5, 5.41) is 0.633. The highest BCUT2D eigenvalue weighted by molar-refractivity contribution is 8.13. The minimum Gasteiger partial charge on any atom is -0.255 e. The van der Waals surface area contributed by atoms with Gasteiger partial charge in [0.1, 0.15) is 4.90 Å². The normalized spacial score (nSPS) is 11.4. The van der Waals surface area contributed by atoms with Crippen molar-refractivity contribution in [2.45, 2.75) is 4.90 Å². The number of aromatic nitrogens is 1. The Labute approximate surface area is 108 Å². The molecule has 0 atom stereocenters. The van der Waals surface area contributed by atoms with Crippen LogP contribution in [0, 0.1) is 0 Å². The first-order chi connectivity index (χ1) is 7.97. The maximum Gasteiger partial charge on any atom is 0.262 e. The average Bonchev–Trinajstić information content (AvgIpc) is 2.29. The molecule has 6 heteroatoms. The van der Waals surface area contributed by atoms with Crippen LogP contribution in [0.4, 0.5) is 0 Å². The first-order valence-corrected chi connectivity index (χ1v) is 7.32. The SMILES string of the molecule is O=S(=O)(Cl)c1ccc(-c2ccc(Cl)cc2)nc1. The summed E-state index contributed by atoms with van der Waals surface area (Å²) in [4.78, 5) is 4.02. The molecular weight excluding hydrogens is 281 g/mol. The van der Waals surface area contributed by atoms with Crippen molar-refractivity contribution >= 4 is 31.3 Å². The van der Waals surface area contributed by atoms with Crippen molar-refractivity contribution in [2.24, 2.45) is 0 Å². The van der Waals surface area contributed by atoms with Crippen molar-refractivity contribution in [2.75, 3.05) is 0 Å². The number of benzene rings is 1. The monoisotopic (exact) mass is 287 g/mol. The molecule has 0 aliphatic rings. The first kappa shape index (κ1) is 12.4. The fraction of sp³-hybridized carbons (Fsp3) is 0.